The molecule has 180 valence electrons. The number of esters is 1. The number of aliphatic hydroxyl groups excluding tert-OH is 3. The first kappa shape index (κ1) is 24.5. The molecule has 3 aromatic rings. The van der Waals surface area contributed by atoms with Crippen LogP contribution in [0.3, 0.4) is 0 Å². The molecule has 0 spiro atoms. The van der Waals surface area contributed by atoms with Crippen molar-refractivity contribution in [2.75, 3.05) is 6.61 Å². The number of thiophene rings is 1. The Kier molecular flexibility index (Phi) is 7.45. The van der Waals surface area contributed by atoms with Crippen LogP contribution in [0.15, 0.2) is 54.6 Å². The number of hydrogen-bond donors (Lipinski definition) is 3. The lowest BCUT2D eigenvalue weighted by atomic mass is 9.89. The van der Waals surface area contributed by atoms with Gasteiger partial charge < -0.3 is 24.8 Å². The molecule has 6 nitrogen and oxygen atoms in total. The first-order chi connectivity index (χ1) is 16.2. The van der Waals surface area contributed by atoms with E-state index in [1.54, 1.807) is 23.5 Å². The molecule has 2 aromatic carbocycles. The number of hydrogen-bond acceptors (Lipinski definition) is 7. The average molecular weight is 487 g/mol. The number of rotatable bonds is 6. The van der Waals surface area contributed by atoms with Gasteiger partial charge in [0.15, 0.2) is 0 Å². The van der Waals surface area contributed by atoms with Crippen LogP contribution >= 0.6 is 11.3 Å². The summed E-state index contributed by atoms with van der Waals surface area (Å²) in [6, 6.07) is 16.1. The molecule has 0 bridgehead atoms. The predicted molar refractivity (Wildman–Crippen MR) is 126 cm³/mol. The molecule has 0 unspecified atom stereocenters. The lowest BCUT2D eigenvalue weighted by molar-refractivity contribution is -0.234. The van der Waals surface area contributed by atoms with Crippen molar-refractivity contribution in [2.45, 2.75) is 50.8 Å². The molecule has 8 heteroatoms. The SMILES string of the molecule is CC(=O)OC[C@H]1O[C@@H](c2ccc(C)c(Cc3ccc(-c4ccc(F)cc4)s3)c2)[C@H](O)[C@@H](O)[C@@H]1O. The van der Waals surface area contributed by atoms with E-state index in [-0.39, 0.29) is 12.4 Å². The van der Waals surface area contributed by atoms with Crippen LogP contribution in [0.2, 0.25) is 0 Å². The Morgan fingerprint density at radius 3 is 2.47 bits per heavy atom. The fourth-order valence-corrected chi connectivity index (χ4v) is 5.09. The quantitative estimate of drug-likeness (QED) is 0.462. The molecule has 3 N–H and O–H groups in total. The minimum Gasteiger partial charge on any atom is -0.463 e. The van der Waals surface area contributed by atoms with Gasteiger partial charge in [0.05, 0.1) is 0 Å². The van der Waals surface area contributed by atoms with Crippen LogP contribution in [-0.2, 0) is 20.7 Å². The Bertz CT molecular complexity index is 1140. The third-order valence-electron chi connectivity index (χ3n) is 6.02. The zero-order valence-electron chi connectivity index (χ0n) is 18.8. The topological polar surface area (TPSA) is 96.2 Å². The summed E-state index contributed by atoms with van der Waals surface area (Å²) in [6.45, 7) is 3.01. The Morgan fingerprint density at radius 2 is 1.76 bits per heavy atom. The van der Waals surface area contributed by atoms with Crippen molar-refractivity contribution in [3.63, 3.8) is 0 Å². The largest absolute Gasteiger partial charge is 0.463 e. The third kappa shape index (κ3) is 5.37. The molecular formula is C26H27FO6S. The maximum Gasteiger partial charge on any atom is 0.302 e. The van der Waals surface area contributed by atoms with Gasteiger partial charge in [0.1, 0.15) is 42.9 Å². The van der Waals surface area contributed by atoms with Gasteiger partial charge in [0.25, 0.3) is 0 Å². The number of benzene rings is 2. The van der Waals surface area contributed by atoms with E-state index < -0.39 is 36.5 Å². The molecule has 4 rings (SSSR count). The molecule has 0 saturated carbocycles. The minimum atomic E-state index is -1.44. The average Bonchev–Trinajstić information content (AvgIpc) is 3.27. The van der Waals surface area contributed by atoms with Crippen molar-refractivity contribution in [1.82, 2.24) is 0 Å². The number of carbonyl (C=O) groups is 1. The molecule has 1 fully saturated rings. The zero-order chi connectivity index (χ0) is 24.4. The van der Waals surface area contributed by atoms with E-state index in [0.717, 1.165) is 26.4 Å². The van der Waals surface area contributed by atoms with E-state index >= 15 is 0 Å². The normalized spacial score (nSPS) is 24.7. The lowest BCUT2D eigenvalue weighted by Gasteiger charge is -2.40. The van der Waals surface area contributed by atoms with Crippen molar-refractivity contribution in [3.8, 4) is 10.4 Å². The second-order valence-electron chi connectivity index (χ2n) is 8.51. The van der Waals surface area contributed by atoms with Crippen LogP contribution in [0.4, 0.5) is 4.39 Å². The molecule has 1 aromatic heterocycles. The number of carbonyl (C=O) groups excluding carboxylic acids is 1. The van der Waals surface area contributed by atoms with Gasteiger partial charge in [-0.05, 0) is 53.4 Å². The standard InChI is InChI=1S/C26H27FO6S/c1-14-3-4-17(26-25(31)24(30)23(29)21(33-26)13-32-15(2)28)11-18(14)12-20-9-10-22(34-20)16-5-7-19(27)8-6-16/h3-11,21,23-26,29-31H,12-13H2,1-2H3/t21-,23-,24+,25-,26+/m1/s1. The van der Waals surface area contributed by atoms with Crippen LogP contribution in [0.1, 0.15) is 34.6 Å². The molecule has 5 atom stereocenters. The van der Waals surface area contributed by atoms with E-state index in [9.17, 15) is 24.5 Å². The zero-order valence-corrected chi connectivity index (χ0v) is 19.7. The van der Waals surface area contributed by atoms with Crippen molar-refractivity contribution >= 4 is 17.3 Å². The maximum atomic E-state index is 13.2. The predicted octanol–water partition coefficient (Wildman–Crippen LogP) is 3.54. The highest BCUT2D eigenvalue weighted by atomic mass is 32.1. The smallest absolute Gasteiger partial charge is 0.302 e. The first-order valence-corrected chi connectivity index (χ1v) is 11.8. The number of aliphatic hydroxyl groups is 3. The van der Waals surface area contributed by atoms with Crippen LogP contribution < -0.4 is 0 Å². The first-order valence-electron chi connectivity index (χ1n) is 11.0. The van der Waals surface area contributed by atoms with E-state index in [1.807, 2.05) is 37.3 Å². The summed E-state index contributed by atoms with van der Waals surface area (Å²) in [5, 5.41) is 31.2. The number of ether oxygens (including phenoxy) is 2. The molecule has 1 aliphatic rings. The van der Waals surface area contributed by atoms with Gasteiger partial charge in [-0.25, -0.2) is 4.39 Å². The number of halogens is 1. The highest BCUT2D eigenvalue weighted by molar-refractivity contribution is 7.15. The van der Waals surface area contributed by atoms with Crippen molar-refractivity contribution in [2.24, 2.45) is 0 Å². The highest BCUT2D eigenvalue weighted by Crippen LogP contribution is 2.35. The fourth-order valence-electron chi connectivity index (χ4n) is 4.05. The molecule has 0 aliphatic carbocycles. The summed E-state index contributed by atoms with van der Waals surface area (Å²) in [4.78, 5) is 13.3. The third-order valence-corrected chi connectivity index (χ3v) is 7.15. The Hall–Kier alpha value is -2.62. The summed E-state index contributed by atoms with van der Waals surface area (Å²) >= 11 is 1.62. The van der Waals surface area contributed by atoms with Gasteiger partial charge in [-0.2, -0.15) is 0 Å². The summed E-state index contributed by atoms with van der Waals surface area (Å²) < 4.78 is 24.1. The maximum absolute atomic E-state index is 13.2. The van der Waals surface area contributed by atoms with Crippen LogP contribution in [-0.4, -0.2) is 52.3 Å². The summed E-state index contributed by atoms with van der Waals surface area (Å²) in [5.41, 5.74) is 3.69. The van der Waals surface area contributed by atoms with E-state index in [0.29, 0.717) is 12.0 Å². The van der Waals surface area contributed by atoms with Crippen molar-refractivity contribution in [3.05, 3.63) is 82.0 Å². The summed E-state index contributed by atoms with van der Waals surface area (Å²) in [6.07, 6.45) is -5.38. The van der Waals surface area contributed by atoms with E-state index in [4.69, 9.17) is 9.47 Å². The number of aryl methyl sites for hydroxylation is 1. The lowest BCUT2D eigenvalue weighted by Crippen LogP contribution is -2.55. The molecular weight excluding hydrogens is 459 g/mol. The van der Waals surface area contributed by atoms with Crippen LogP contribution in [0.25, 0.3) is 10.4 Å². The second-order valence-corrected chi connectivity index (χ2v) is 9.67. The Morgan fingerprint density at radius 1 is 1.03 bits per heavy atom. The Labute approximate surface area is 201 Å². The fraction of sp³-hybridized carbons (Fsp3) is 0.346. The van der Waals surface area contributed by atoms with E-state index in [2.05, 4.69) is 0 Å². The van der Waals surface area contributed by atoms with Gasteiger partial charge in [-0.1, -0.05) is 30.3 Å². The van der Waals surface area contributed by atoms with Gasteiger partial charge in [-0.15, -0.1) is 11.3 Å². The van der Waals surface area contributed by atoms with Gasteiger partial charge >= 0.3 is 5.97 Å². The van der Waals surface area contributed by atoms with Crippen LogP contribution in [0.5, 0.6) is 0 Å². The van der Waals surface area contributed by atoms with E-state index in [1.165, 1.54) is 19.1 Å². The molecule has 1 aliphatic heterocycles. The van der Waals surface area contributed by atoms with Gasteiger partial charge in [-0.3, -0.25) is 4.79 Å². The monoisotopic (exact) mass is 486 g/mol. The second kappa shape index (κ2) is 10.3. The molecule has 0 amide bonds. The molecule has 0 radical (unpaired) electrons. The van der Waals surface area contributed by atoms with Crippen LogP contribution in [0, 0.1) is 12.7 Å². The summed E-state index contributed by atoms with van der Waals surface area (Å²) in [5.74, 6) is -0.797. The highest BCUT2D eigenvalue weighted by Gasteiger charge is 2.44. The Balaban J connectivity index is 1.54. The summed E-state index contributed by atoms with van der Waals surface area (Å²) in [7, 11) is 0. The van der Waals surface area contributed by atoms with Gasteiger partial charge in [0.2, 0.25) is 0 Å². The van der Waals surface area contributed by atoms with Gasteiger partial charge in [0, 0.05) is 23.1 Å². The molecule has 34 heavy (non-hydrogen) atoms. The van der Waals surface area contributed by atoms with Crippen molar-refractivity contribution < 1.29 is 34.0 Å². The van der Waals surface area contributed by atoms with Crippen molar-refractivity contribution in [1.29, 1.82) is 0 Å². The molecule has 1 saturated heterocycles. The minimum absolute atomic E-state index is 0.225. The molecule has 2 heterocycles.